The van der Waals surface area contributed by atoms with Crippen LogP contribution in [0.15, 0.2) is 83.9 Å². The molecule has 1 saturated heterocycles. The Hall–Kier alpha value is -3.15. The van der Waals surface area contributed by atoms with Crippen LogP contribution in [0.1, 0.15) is 11.1 Å². The van der Waals surface area contributed by atoms with Gasteiger partial charge in [0.25, 0.3) is 5.91 Å². The molecule has 0 radical (unpaired) electrons. The molecule has 0 saturated carbocycles. The summed E-state index contributed by atoms with van der Waals surface area (Å²) in [7, 11) is 3.22. The second-order valence-corrected chi connectivity index (χ2v) is 11.4. The number of amides is 1. The number of halogens is 1. The third-order valence-corrected chi connectivity index (χ3v) is 8.21. The fourth-order valence-corrected chi connectivity index (χ4v) is 5.81. The molecule has 2 heterocycles. The maximum absolute atomic E-state index is 13.4. The fourth-order valence-electron chi connectivity index (χ4n) is 4.15. The zero-order chi connectivity index (χ0) is 26.6. The molecule has 192 valence electrons. The lowest BCUT2D eigenvalue weighted by atomic mass is 10.1. The van der Waals surface area contributed by atoms with Crippen LogP contribution in [-0.4, -0.2) is 45.7 Å². The maximum atomic E-state index is 13.4. The predicted octanol–water partition coefficient (Wildman–Crippen LogP) is 6.61. The van der Waals surface area contributed by atoms with Crippen LogP contribution in [0.5, 0.6) is 11.5 Å². The number of para-hydroxylation sites is 1. The van der Waals surface area contributed by atoms with Gasteiger partial charge in [0.05, 0.1) is 30.5 Å². The fraction of sp³-hybridized carbons (Fsp3) is 0.138. The number of rotatable bonds is 8. The summed E-state index contributed by atoms with van der Waals surface area (Å²) in [6.07, 6.45) is 4.49. The van der Waals surface area contributed by atoms with Crippen LogP contribution in [0, 0.1) is 3.57 Å². The van der Waals surface area contributed by atoms with Crippen molar-refractivity contribution in [3.05, 3.63) is 98.6 Å². The van der Waals surface area contributed by atoms with Gasteiger partial charge in [-0.05, 0) is 77.0 Å². The Morgan fingerprint density at radius 1 is 1.00 bits per heavy atom. The van der Waals surface area contributed by atoms with E-state index in [-0.39, 0.29) is 5.91 Å². The number of methoxy groups -OCH3 is 2. The van der Waals surface area contributed by atoms with Gasteiger partial charge in [-0.25, -0.2) is 4.68 Å². The van der Waals surface area contributed by atoms with Gasteiger partial charge in [-0.3, -0.25) is 9.69 Å². The summed E-state index contributed by atoms with van der Waals surface area (Å²) in [5.74, 6) is 1.24. The van der Waals surface area contributed by atoms with Gasteiger partial charge >= 0.3 is 0 Å². The molecule has 1 fully saturated rings. The third-order valence-electron chi connectivity index (χ3n) is 6.11. The molecule has 5 rings (SSSR count). The van der Waals surface area contributed by atoms with Crippen molar-refractivity contribution in [2.45, 2.75) is 6.42 Å². The van der Waals surface area contributed by atoms with E-state index in [0.717, 1.165) is 31.6 Å². The molecule has 38 heavy (non-hydrogen) atoms. The van der Waals surface area contributed by atoms with Gasteiger partial charge in [-0.2, -0.15) is 5.10 Å². The van der Waals surface area contributed by atoms with E-state index < -0.39 is 0 Å². The largest absolute Gasteiger partial charge is 0.493 e. The summed E-state index contributed by atoms with van der Waals surface area (Å²) in [4.78, 5) is 15.7. The van der Waals surface area contributed by atoms with Crippen LogP contribution < -0.4 is 9.47 Å². The molecule has 0 atom stereocenters. The second kappa shape index (κ2) is 11.7. The molecule has 3 aromatic carbocycles. The first kappa shape index (κ1) is 26.5. The lowest BCUT2D eigenvalue weighted by Crippen LogP contribution is -2.30. The molecular weight excluding hydrogens is 629 g/mol. The van der Waals surface area contributed by atoms with Crippen molar-refractivity contribution in [3.8, 4) is 28.4 Å². The Balaban J connectivity index is 1.42. The number of aromatic nitrogens is 2. The minimum atomic E-state index is -0.0958. The van der Waals surface area contributed by atoms with Gasteiger partial charge in [0, 0.05) is 27.4 Å². The molecule has 1 aliphatic heterocycles. The van der Waals surface area contributed by atoms with Crippen molar-refractivity contribution < 1.29 is 14.3 Å². The van der Waals surface area contributed by atoms with Gasteiger partial charge in [0.1, 0.15) is 4.32 Å². The average molecular weight is 654 g/mol. The normalized spacial score (nSPS) is 14.4. The summed E-state index contributed by atoms with van der Waals surface area (Å²) in [6.45, 7) is 0.477. The zero-order valence-electron chi connectivity index (χ0n) is 20.8. The number of carbonyl (C=O) groups is 1. The van der Waals surface area contributed by atoms with Crippen LogP contribution in [0.25, 0.3) is 23.0 Å². The molecule has 4 aromatic rings. The number of thioether (sulfide) groups is 1. The van der Waals surface area contributed by atoms with Crippen molar-refractivity contribution in [1.29, 1.82) is 0 Å². The molecule has 0 bridgehead atoms. The van der Waals surface area contributed by atoms with Crippen LogP contribution in [0.4, 0.5) is 0 Å². The van der Waals surface area contributed by atoms with E-state index in [2.05, 4.69) is 34.7 Å². The van der Waals surface area contributed by atoms with E-state index in [1.54, 1.807) is 19.1 Å². The summed E-state index contributed by atoms with van der Waals surface area (Å²) < 4.78 is 14.3. The standard InChI is InChI=1S/C29H24IN3O3S2/c1-35-24-13-8-19(16-25(24)36-2)14-15-32-28(34)26(38-29(32)37)17-21-18-33(23-6-4-3-5-7-23)31-27(21)20-9-11-22(30)12-10-20/h3-13,16-18H,14-15H2,1-2H3/b26-17+. The monoisotopic (exact) mass is 653 g/mol. The molecule has 1 aromatic heterocycles. The van der Waals surface area contributed by atoms with Gasteiger partial charge in [-0.1, -0.05) is 60.4 Å². The summed E-state index contributed by atoms with van der Waals surface area (Å²) in [5.41, 5.74) is 4.62. The molecule has 6 nitrogen and oxygen atoms in total. The summed E-state index contributed by atoms with van der Waals surface area (Å²) in [6, 6.07) is 23.9. The maximum Gasteiger partial charge on any atom is 0.266 e. The molecule has 1 amide bonds. The molecule has 0 N–H and O–H groups in total. The first-order valence-corrected chi connectivity index (χ1v) is 14.1. The van der Waals surface area contributed by atoms with E-state index in [1.807, 2.05) is 77.6 Å². The Bertz CT molecular complexity index is 1520. The number of thiocarbonyl (C=S) groups is 1. The van der Waals surface area contributed by atoms with E-state index >= 15 is 0 Å². The van der Waals surface area contributed by atoms with Crippen LogP contribution in [0.2, 0.25) is 0 Å². The zero-order valence-corrected chi connectivity index (χ0v) is 24.5. The number of hydrogen-bond acceptors (Lipinski definition) is 6. The summed E-state index contributed by atoms with van der Waals surface area (Å²) in [5, 5.41) is 4.87. The number of ether oxygens (including phenoxy) is 2. The molecule has 1 aliphatic rings. The van der Waals surface area contributed by atoms with Crippen molar-refractivity contribution in [3.63, 3.8) is 0 Å². The lowest BCUT2D eigenvalue weighted by molar-refractivity contribution is -0.122. The lowest BCUT2D eigenvalue weighted by Gasteiger charge is -2.15. The van der Waals surface area contributed by atoms with Crippen LogP contribution in [0.3, 0.4) is 0 Å². The van der Waals surface area contributed by atoms with E-state index in [9.17, 15) is 4.79 Å². The quantitative estimate of drug-likeness (QED) is 0.121. The first-order chi connectivity index (χ1) is 18.5. The molecule has 0 unspecified atom stereocenters. The Morgan fingerprint density at radius 2 is 1.74 bits per heavy atom. The molecular formula is C29H24IN3O3S2. The highest BCUT2D eigenvalue weighted by Crippen LogP contribution is 2.35. The average Bonchev–Trinajstić information content (AvgIpc) is 3.48. The Labute approximate surface area is 244 Å². The van der Waals surface area contributed by atoms with Gasteiger partial charge in [-0.15, -0.1) is 0 Å². The highest BCUT2D eigenvalue weighted by atomic mass is 127. The number of carbonyl (C=O) groups excluding carboxylic acids is 1. The molecule has 0 aliphatic carbocycles. The van der Waals surface area contributed by atoms with E-state index in [0.29, 0.717) is 33.7 Å². The first-order valence-electron chi connectivity index (χ1n) is 11.8. The highest BCUT2D eigenvalue weighted by Gasteiger charge is 2.32. The molecule has 0 spiro atoms. The van der Waals surface area contributed by atoms with E-state index in [4.69, 9.17) is 26.8 Å². The summed E-state index contributed by atoms with van der Waals surface area (Å²) >= 11 is 9.21. The molecule has 9 heteroatoms. The number of benzene rings is 3. The Morgan fingerprint density at radius 3 is 2.45 bits per heavy atom. The van der Waals surface area contributed by atoms with Crippen molar-refractivity contribution in [2.75, 3.05) is 20.8 Å². The van der Waals surface area contributed by atoms with Crippen molar-refractivity contribution in [1.82, 2.24) is 14.7 Å². The highest BCUT2D eigenvalue weighted by molar-refractivity contribution is 14.1. The minimum absolute atomic E-state index is 0.0958. The SMILES string of the molecule is COc1ccc(CCN2C(=O)/C(=C\c3cn(-c4ccccc4)nc3-c3ccc(I)cc3)SC2=S)cc1OC. The second-order valence-electron chi connectivity index (χ2n) is 8.49. The number of nitrogens with zero attached hydrogens (tertiary/aromatic N) is 3. The Kier molecular flexibility index (Phi) is 8.15. The van der Waals surface area contributed by atoms with Crippen LogP contribution >= 0.6 is 46.6 Å². The van der Waals surface area contributed by atoms with Gasteiger partial charge < -0.3 is 9.47 Å². The number of hydrogen-bond donors (Lipinski definition) is 0. The van der Waals surface area contributed by atoms with Crippen molar-refractivity contribution in [2.24, 2.45) is 0 Å². The third kappa shape index (κ3) is 5.64. The van der Waals surface area contributed by atoms with Crippen LogP contribution in [-0.2, 0) is 11.2 Å². The van der Waals surface area contributed by atoms with Gasteiger partial charge in [0.15, 0.2) is 11.5 Å². The topological polar surface area (TPSA) is 56.6 Å². The van der Waals surface area contributed by atoms with Crippen molar-refractivity contribution >= 4 is 62.9 Å². The van der Waals surface area contributed by atoms with Gasteiger partial charge in [0.2, 0.25) is 0 Å². The predicted molar refractivity (Wildman–Crippen MR) is 165 cm³/mol. The smallest absolute Gasteiger partial charge is 0.266 e. The minimum Gasteiger partial charge on any atom is -0.493 e. The van der Waals surface area contributed by atoms with E-state index in [1.165, 1.54) is 11.8 Å².